The molecule has 0 aromatic carbocycles. The Hall–Kier alpha value is -0.900. The number of aromatic nitrogens is 1. The van der Waals surface area contributed by atoms with E-state index in [-0.39, 0.29) is 12.5 Å². The van der Waals surface area contributed by atoms with E-state index < -0.39 is 6.43 Å². The van der Waals surface area contributed by atoms with Crippen LogP contribution in [0, 0.1) is 0 Å². The monoisotopic (exact) mass is 220 g/mol. The van der Waals surface area contributed by atoms with Crippen molar-refractivity contribution in [2.24, 2.45) is 0 Å². The van der Waals surface area contributed by atoms with Gasteiger partial charge in [0.25, 0.3) is 0 Å². The zero-order chi connectivity index (χ0) is 10.6. The number of anilines is 1. The number of alkyl halides is 2. The van der Waals surface area contributed by atoms with E-state index in [4.69, 9.17) is 11.6 Å². The van der Waals surface area contributed by atoms with Crippen molar-refractivity contribution in [3.8, 4) is 0 Å². The van der Waals surface area contributed by atoms with Gasteiger partial charge in [0.15, 0.2) is 0 Å². The van der Waals surface area contributed by atoms with E-state index in [1.54, 1.807) is 25.1 Å². The Kier molecular flexibility index (Phi) is 4.07. The third-order valence-electron chi connectivity index (χ3n) is 1.64. The van der Waals surface area contributed by atoms with E-state index in [1.807, 2.05) is 0 Å². The molecule has 0 amide bonds. The molecule has 0 bridgehead atoms. The van der Waals surface area contributed by atoms with Gasteiger partial charge in [-0.15, -0.1) is 0 Å². The van der Waals surface area contributed by atoms with Crippen LogP contribution < -0.4 is 5.32 Å². The lowest BCUT2D eigenvalue weighted by Gasteiger charge is -2.13. The highest BCUT2D eigenvalue weighted by Crippen LogP contribution is 2.12. The van der Waals surface area contributed by atoms with Crippen molar-refractivity contribution in [1.82, 2.24) is 4.98 Å². The van der Waals surface area contributed by atoms with Gasteiger partial charge in [0.2, 0.25) is 6.43 Å². The molecular weight excluding hydrogens is 210 g/mol. The van der Waals surface area contributed by atoms with Crippen LogP contribution in [-0.4, -0.2) is 17.5 Å². The molecular formula is C9H11ClF2N2. The molecule has 0 saturated carbocycles. The zero-order valence-electron chi connectivity index (χ0n) is 7.67. The molecule has 78 valence electrons. The fourth-order valence-electron chi connectivity index (χ4n) is 1.07. The molecule has 1 aromatic heterocycles. The third-order valence-corrected chi connectivity index (χ3v) is 1.85. The summed E-state index contributed by atoms with van der Waals surface area (Å²) in [6.07, 6.45) is -2.51. The minimum atomic E-state index is -2.31. The normalized spacial score (nSPS) is 12.9. The van der Waals surface area contributed by atoms with Gasteiger partial charge in [0, 0.05) is 12.5 Å². The minimum Gasteiger partial charge on any atom is -0.367 e. The molecule has 0 aliphatic heterocycles. The molecule has 0 aliphatic carbocycles. The van der Waals surface area contributed by atoms with Gasteiger partial charge in [-0.25, -0.2) is 13.8 Å². The van der Waals surface area contributed by atoms with E-state index in [0.717, 1.165) is 0 Å². The van der Waals surface area contributed by atoms with Crippen LogP contribution in [0.5, 0.6) is 0 Å². The van der Waals surface area contributed by atoms with E-state index in [9.17, 15) is 8.78 Å². The van der Waals surface area contributed by atoms with Crippen molar-refractivity contribution >= 4 is 17.4 Å². The number of nitrogens with zero attached hydrogens (tertiary/aromatic N) is 1. The molecule has 5 heteroatoms. The first-order valence-electron chi connectivity index (χ1n) is 4.25. The fourth-order valence-corrected chi connectivity index (χ4v) is 1.23. The third kappa shape index (κ3) is 3.87. The molecule has 1 atom stereocenters. The Labute approximate surface area is 86.3 Å². The quantitative estimate of drug-likeness (QED) is 0.789. The Morgan fingerprint density at radius 3 is 2.79 bits per heavy atom. The van der Waals surface area contributed by atoms with Crippen molar-refractivity contribution in [2.75, 3.05) is 5.32 Å². The van der Waals surface area contributed by atoms with Gasteiger partial charge in [0.1, 0.15) is 11.0 Å². The topological polar surface area (TPSA) is 24.9 Å². The number of halogens is 3. The SMILES string of the molecule is CC(CC(F)F)Nc1cccc(Cl)n1. The molecule has 0 aliphatic rings. The van der Waals surface area contributed by atoms with Gasteiger partial charge < -0.3 is 5.32 Å². The van der Waals surface area contributed by atoms with Crippen LogP contribution in [0.4, 0.5) is 14.6 Å². The first kappa shape index (κ1) is 11.2. The summed E-state index contributed by atoms with van der Waals surface area (Å²) in [6.45, 7) is 1.68. The molecule has 0 fully saturated rings. The summed E-state index contributed by atoms with van der Waals surface area (Å²) in [5.41, 5.74) is 0. The molecule has 1 N–H and O–H groups in total. The molecule has 0 spiro atoms. The van der Waals surface area contributed by atoms with Gasteiger partial charge in [0.05, 0.1) is 0 Å². The highest BCUT2D eigenvalue weighted by molar-refractivity contribution is 6.29. The second-order valence-electron chi connectivity index (χ2n) is 3.02. The standard InChI is InChI=1S/C9H11ClF2N2/c1-6(5-8(11)12)13-9-4-2-3-7(10)14-9/h2-4,6,8H,5H2,1H3,(H,13,14). The smallest absolute Gasteiger partial charge is 0.240 e. The second kappa shape index (κ2) is 5.10. The maximum atomic E-state index is 12.0. The van der Waals surface area contributed by atoms with E-state index in [0.29, 0.717) is 11.0 Å². The Balaban J connectivity index is 2.51. The predicted molar refractivity (Wildman–Crippen MR) is 53.0 cm³/mol. The van der Waals surface area contributed by atoms with Crippen molar-refractivity contribution in [1.29, 1.82) is 0 Å². The average Bonchev–Trinajstić information content (AvgIpc) is 2.01. The average molecular weight is 221 g/mol. The summed E-state index contributed by atoms with van der Waals surface area (Å²) in [4.78, 5) is 3.93. The van der Waals surface area contributed by atoms with Crippen LogP contribution in [0.15, 0.2) is 18.2 Å². The molecule has 1 aromatic rings. The van der Waals surface area contributed by atoms with E-state index in [1.165, 1.54) is 0 Å². The lowest BCUT2D eigenvalue weighted by molar-refractivity contribution is 0.133. The van der Waals surface area contributed by atoms with Crippen LogP contribution >= 0.6 is 11.6 Å². The number of hydrogen-bond acceptors (Lipinski definition) is 2. The zero-order valence-corrected chi connectivity index (χ0v) is 8.43. The molecule has 1 heterocycles. The number of nitrogens with one attached hydrogen (secondary N) is 1. The van der Waals surface area contributed by atoms with Gasteiger partial charge in [-0.3, -0.25) is 0 Å². The maximum absolute atomic E-state index is 12.0. The van der Waals surface area contributed by atoms with E-state index >= 15 is 0 Å². The van der Waals surface area contributed by atoms with Crippen molar-refractivity contribution in [3.05, 3.63) is 23.4 Å². The second-order valence-corrected chi connectivity index (χ2v) is 3.40. The van der Waals surface area contributed by atoms with Gasteiger partial charge in [-0.05, 0) is 19.1 Å². The summed E-state index contributed by atoms with van der Waals surface area (Å²) >= 11 is 5.63. The first-order chi connectivity index (χ1) is 6.58. The summed E-state index contributed by atoms with van der Waals surface area (Å²) in [6, 6.07) is 4.71. The van der Waals surface area contributed by atoms with Crippen LogP contribution in [0.1, 0.15) is 13.3 Å². The molecule has 1 unspecified atom stereocenters. The highest BCUT2D eigenvalue weighted by atomic mass is 35.5. The summed E-state index contributed by atoms with van der Waals surface area (Å²) < 4.78 is 24.0. The van der Waals surface area contributed by atoms with Crippen LogP contribution in [-0.2, 0) is 0 Å². The number of pyridine rings is 1. The van der Waals surface area contributed by atoms with Gasteiger partial charge in [-0.2, -0.15) is 0 Å². The molecule has 1 rings (SSSR count). The van der Waals surface area contributed by atoms with Crippen molar-refractivity contribution < 1.29 is 8.78 Å². The summed E-state index contributed by atoms with van der Waals surface area (Å²) in [5, 5.41) is 3.18. The van der Waals surface area contributed by atoms with Gasteiger partial charge >= 0.3 is 0 Å². The van der Waals surface area contributed by atoms with Gasteiger partial charge in [-0.1, -0.05) is 17.7 Å². The van der Waals surface area contributed by atoms with Crippen molar-refractivity contribution in [2.45, 2.75) is 25.8 Å². The largest absolute Gasteiger partial charge is 0.367 e. The molecule has 14 heavy (non-hydrogen) atoms. The van der Waals surface area contributed by atoms with E-state index in [2.05, 4.69) is 10.3 Å². The lowest BCUT2D eigenvalue weighted by Crippen LogP contribution is -2.19. The minimum absolute atomic E-state index is 0.200. The number of rotatable bonds is 4. The predicted octanol–water partition coefficient (Wildman–Crippen LogP) is 3.19. The Bertz CT molecular complexity index is 294. The Morgan fingerprint density at radius 2 is 2.21 bits per heavy atom. The van der Waals surface area contributed by atoms with Crippen LogP contribution in [0.25, 0.3) is 0 Å². The summed E-state index contributed by atoms with van der Waals surface area (Å²) in [5.74, 6) is 0.519. The highest BCUT2D eigenvalue weighted by Gasteiger charge is 2.10. The summed E-state index contributed by atoms with van der Waals surface area (Å²) in [7, 11) is 0. The molecule has 0 saturated heterocycles. The first-order valence-corrected chi connectivity index (χ1v) is 4.63. The maximum Gasteiger partial charge on any atom is 0.240 e. The molecule has 2 nitrogen and oxygen atoms in total. The lowest BCUT2D eigenvalue weighted by atomic mass is 10.2. The Morgan fingerprint density at radius 1 is 1.50 bits per heavy atom. The fraction of sp³-hybridized carbons (Fsp3) is 0.444. The molecule has 0 radical (unpaired) electrons. The van der Waals surface area contributed by atoms with Crippen LogP contribution in [0.3, 0.4) is 0 Å². The number of hydrogen-bond donors (Lipinski definition) is 1. The van der Waals surface area contributed by atoms with Crippen LogP contribution in [0.2, 0.25) is 5.15 Å². The van der Waals surface area contributed by atoms with Crippen molar-refractivity contribution in [3.63, 3.8) is 0 Å².